The van der Waals surface area contributed by atoms with Crippen LogP contribution in [-0.2, 0) is 4.79 Å². The molecule has 3 aliphatic rings. The normalized spacial score (nSPS) is 18.9. The van der Waals surface area contributed by atoms with E-state index >= 15 is 0 Å². The van der Waals surface area contributed by atoms with Gasteiger partial charge in [-0.25, -0.2) is 9.48 Å². The van der Waals surface area contributed by atoms with Crippen LogP contribution in [0.5, 0.6) is 0 Å². The summed E-state index contributed by atoms with van der Waals surface area (Å²) in [6, 6.07) is 9.63. The van der Waals surface area contributed by atoms with Crippen molar-refractivity contribution in [3.8, 4) is 5.69 Å². The van der Waals surface area contributed by atoms with Crippen LogP contribution in [0.3, 0.4) is 0 Å². The number of nitrogens with zero attached hydrogens (tertiary/aromatic N) is 5. The summed E-state index contributed by atoms with van der Waals surface area (Å²) in [5.74, 6) is 1.12. The number of carbonyl (C=O) groups excluding carboxylic acids is 2. The Balaban J connectivity index is 1.51. The molecule has 0 spiro atoms. The lowest BCUT2D eigenvalue weighted by Gasteiger charge is -2.33. The molecular formula is C20H22N6O2. The summed E-state index contributed by atoms with van der Waals surface area (Å²) in [5.41, 5.74) is 1.62. The minimum absolute atomic E-state index is 0.0232. The maximum absolute atomic E-state index is 13.2. The van der Waals surface area contributed by atoms with Gasteiger partial charge in [0.05, 0.1) is 24.0 Å². The van der Waals surface area contributed by atoms with Crippen molar-refractivity contribution in [3.05, 3.63) is 42.1 Å². The number of benzene rings is 1. The lowest BCUT2D eigenvalue weighted by molar-refractivity contribution is -0.120. The number of nitrogens with one attached hydrogen (secondary N) is 1. The number of para-hydroxylation sites is 1. The summed E-state index contributed by atoms with van der Waals surface area (Å²) >= 11 is 0. The summed E-state index contributed by atoms with van der Waals surface area (Å²) in [6.45, 7) is 1.08. The molecule has 0 bridgehead atoms. The molecule has 0 unspecified atom stereocenters. The average molecular weight is 378 g/mol. The van der Waals surface area contributed by atoms with Crippen molar-refractivity contribution in [1.29, 1.82) is 0 Å². The Kier molecular flexibility index (Phi) is 4.11. The third kappa shape index (κ3) is 2.76. The molecule has 0 atom stereocenters. The van der Waals surface area contributed by atoms with E-state index in [1.165, 1.54) is 4.90 Å². The summed E-state index contributed by atoms with van der Waals surface area (Å²) in [4.78, 5) is 33.5. The van der Waals surface area contributed by atoms with Gasteiger partial charge in [0, 0.05) is 12.6 Å². The van der Waals surface area contributed by atoms with Crippen molar-refractivity contribution in [2.45, 2.75) is 31.7 Å². The first-order valence-electron chi connectivity index (χ1n) is 9.79. The van der Waals surface area contributed by atoms with Crippen molar-refractivity contribution in [1.82, 2.24) is 20.0 Å². The predicted molar refractivity (Wildman–Crippen MR) is 105 cm³/mol. The molecule has 3 amide bonds. The minimum Gasteiger partial charge on any atom is -0.352 e. The average Bonchev–Trinajstić information content (AvgIpc) is 3.45. The molecule has 2 aromatic rings. The standard InChI is InChI=1S/C20H22N6O2/c27-17(23-14-6-4-5-7-14)13-25-19-16(18-21-10-11-24(18)20(25)28)12-22-26(19)15-8-2-1-3-9-15/h1-3,8-9,12,14H,4-7,10-11,13H2,(H,23,27). The summed E-state index contributed by atoms with van der Waals surface area (Å²) in [5, 5.41) is 7.58. The van der Waals surface area contributed by atoms with Crippen molar-refractivity contribution in [2.24, 2.45) is 4.99 Å². The first-order valence-corrected chi connectivity index (χ1v) is 9.79. The zero-order valence-corrected chi connectivity index (χ0v) is 15.5. The molecule has 1 aromatic carbocycles. The first kappa shape index (κ1) is 17.0. The molecule has 1 fully saturated rings. The van der Waals surface area contributed by atoms with Crippen molar-refractivity contribution in [3.63, 3.8) is 0 Å². The van der Waals surface area contributed by atoms with Crippen LogP contribution in [0.4, 0.5) is 10.6 Å². The second-order valence-corrected chi connectivity index (χ2v) is 7.40. The molecule has 5 rings (SSSR count). The zero-order chi connectivity index (χ0) is 19.1. The van der Waals surface area contributed by atoms with Gasteiger partial charge in [-0.2, -0.15) is 5.10 Å². The van der Waals surface area contributed by atoms with Crippen LogP contribution in [0.1, 0.15) is 31.2 Å². The Morgan fingerprint density at radius 3 is 2.75 bits per heavy atom. The van der Waals surface area contributed by atoms with Crippen molar-refractivity contribution < 1.29 is 9.59 Å². The number of anilines is 1. The number of aromatic nitrogens is 2. The van der Waals surface area contributed by atoms with E-state index < -0.39 is 0 Å². The van der Waals surface area contributed by atoms with E-state index in [1.54, 1.807) is 15.8 Å². The predicted octanol–water partition coefficient (Wildman–Crippen LogP) is 1.93. The third-order valence-electron chi connectivity index (χ3n) is 5.57. The number of hydrogen-bond acceptors (Lipinski definition) is 4. The molecule has 1 aliphatic carbocycles. The van der Waals surface area contributed by atoms with Crippen LogP contribution in [0.2, 0.25) is 0 Å². The molecule has 1 N–H and O–H groups in total. The Hall–Kier alpha value is -3.16. The monoisotopic (exact) mass is 378 g/mol. The number of hydrogen-bond donors (Lipinski definition) is 1. The van der Waals surface area contributed by atoms with Gasteiger partial charge in [0.25, 0.3) is 0 Å². The molecule has 8 nitrogen and oxygen atoms in total. The van der Waals surface area contributed by atoms with Crippen LogP contribution < -0.4 is 10.2 Å². The van der Waals surface area contributed by atoms with Gasteiger partial charge in [0.1, 0.15) is 12.4 Å². The molecule has 0 saturated heterocycles. The second-order valence-electron chi connectivity index (χ2n) is 7.40. The number of aliphatic imine (C=N–C) groups is 1. The van der Waals surface area contributed by atoms with Gasteiger partial charge in [-0.15, -0.1) is 0 Å². The highest BCUT2D eigenvalue weighted by molar-refractivity contribution is 6.20. The highest BCUT2D eigenvalue weighted by Crippen LogP contribution is 2.32. The maximum atomic E-state index is 13.2. The van der Waals surface area contributed by atoms with Crippen molar-refractivity contribution in [2.75, 3.05) is 24.5 Å². The molecular weight excluding hydrogens is 356 g/mol. The molecule has 1 aromatic heterocycles. The van der Waals surface area contributed by atoms with E-state index in [0.717, 1.165) is 36.9 Å². The van der Waals surface area contributed by atoms with E-state index in [2.05, 4.69) is 15.4 Å². The van der Waals surface area contributed by atoms with Gasteiger partial charge < -0.3 is 5.32 Å². The lowest BCUT2D eigenvalue weighted by Crippen LogP contribution is -2.53. The summed E-state index contributed by atoms with van der Waals surface area (Å²) in [6.07, 6.45) is 6.04. The van der Waals surface area contributed by atoms with E-state index in [9.17, 15) is 9.59 Å². The molecule has 0 radical (unpaired) electrons. The maximum Gasteiger partial charge on any atom is 0.331 e. The quantitative estimate of drug-likeness (QED) is 0.883. The molecule has 2 aliphatic heterocycles. The van der Waals surface area contributed by atoms with Crippen molar-refractivity contribution >= 4 is 23.6 Å². The molecule has 3 heterocycles. The fourth-order valence-electron chi connectivity index (χ4n) is 4.25. The zero-order valence-electron chi connectivity index (χ0n) is 15.5. The van der Waals surface area contributed by atoms with Crippen LogP contribution in [0.15, 0.2) is 41.5 Å². The fourth-order valence-corrected chi connectivity index (χ4v) is 4.25. The van der Waals surface area contributed by atoms with E-state index in [-0.39, 0.29) is 24.5 Å². The Morgan fingerprint density at radius 1 is 1.18 bits per heavy atom. The minimum atomic E-state index is -0.219. The highest BCUT2D eigenvalue weighted by Gasteiger charge is 2.41. The number of amides is 3. The lowest BCUT2D eigenvalue weighted by atomic mass is 10.2. The number of carbonyl (C=O) groups is 2. The Labute approximate surface area is 162 Å². The summed E-state index contributed by atoms with van der Waals surface area (Å²) in [7, 11) is 0. The van der Waals surface area contributed by atoms with Crippen LogP contribution >= 0.6 is 0 Å². The van der Waals surface area contributed by atoms with Gasteiger partial charge in [-0.1, -0.05) is 31.0 Å². The SMILES string of the molecule is O=C(CN1C(=O)N2CCN=C2c2cnn(-c3ccccc3)c21)NC1CCCC1. The fraction of sp³-hybridized carbons (Fsp3) is 0.400. The van der Waals surface area contributed by atoms with Crippen LogP contribution in [0, 0.1) is 0 Å². The number of urea groups is 1. The molecule has 28 heavy (non-hydrogen) atoms. The van der Waals surface area contributed by atoms with Gasteiger partial charge in [-0.3, -0.25) is 19.6 Å². The van der Waals surface area contributed by atoms with Crippen LogP contribution in [0.25, 0.3) is 5.69 Å². The second kappa shape index (κ2) is 6.78. The highest BCUT2D eigenvalue weighted by atomic mass is 16.2. The van der Waals surface area contributed by atoms with Gasteiger partial charge in [0.15, 0.2) is 5.82 Å². The van der Waals surface area contributed by atoms with Crippen LogP contribution in [-0.4, -0.2) is 58.1 Å². The Morgan fingerprint density at radius 2 is 1.96 bits per heavy atom. The Bertz CT molecular complexity index is 945. The molecule has 1 saturated carbocycles. The first-order chi connectivity index (χ1) is 13.7. The van der Waals surface area contributed by atoms with E-state index in [1.807, 2.05) is 30.3 Å². The smallest absolute Gasteiger partial charge is 0.331 e. The largest absolute Gasteiger partial charge is 0.352 e. The number of amidine groups is 1. The van der Waals surface area contributed by atoms with Gasteiger partial charge in [0.2, 0.25) is 5.91 Å². The third-order valence-corrected chi connectivity index (χ3v) is 5.57. The van der Waals surface area contributed by atoms with E-state index in [0.29, 0.717) is 24.7 Å². The van der Waals surface area contributed by atoms with E-state index in [4.69, 9.17) is 0 Å². The molecule has 144 valence electrons. The van der Waals surface area contributed by atoms with Gasteiger partial charge >= 0.3 is 6.03 Å². The topological polar surface area (TPSA) is 82.8 Å². The summed E-state index contributed by atoms with van der Waals surface area (Å²) < 4.78 is 1.72. The number of rotatable bonds is 4. The molecule has 8 heteroatoms. The number of fused-ring (bicyclic) bond motifs is 3. The van der Waals surface area contributed by atoms with Gasteiger partial charge in [-0.05, 0) is 25.0 Å².